The van der Waals surface area contributed by atoms with Crippen LogP contribution in [-0.4, -0.2) is 17.9 Å². The van der Waals surface area contributed by atoms with Gasteiger partial charge in [0.15, 0.2) is 5.78 Å². The van der Waals surface area contributed by atoms with Crippen LogP contribution in [0.25, 0.3) is 0 Å². The average Bonchev–Trinajstić information content (AvgIpc) is 2.15. The predicted molar refractivity (Wildman–Crippen MR) is 61.9 cm³/mol. The lowest BCUT2D eigenvalue weighted by atomic mass is 9.90. The van der Waals surface area contributed by atoms with E-state index in [2.05, 4.69) is 19.2 Å². The van der Waals surface area contributed by atoms with Crippen molar-refractivity contribution in [1.82, 2.24) is 5.32 Å². The second kappa shape index (κ2) is 6.41. The minimum atomic E-state index is 0. The Morgan fingerprint density at radius 3 is 2.64 bits per heavy atom. The Labute approximate surface area is 93.2 Å². The molecule has 0 bridgehead atoms. The van der Waals surface area contributed by atoms with Crippen molar-refractivity contribution in [2.24, 2.45) is 5.92 Å². The number of ketones is 1. The molecule has 0 radical (unpaired) electrons. The molecule has 3 atom stereocenters. The Morgan fingerprint density at radius 1 is 1.50 bits per heavy atom. The zero-order valence-corrected chi connectivity index (χ0v) is 10.2. The number of Topliss-reactive ketones (excluding diaryl/α,β-unsaturated/α-hetero) is 1. The van der Waals surface area contributed by atoms with Crippen LogP contribution in [0.4, 0.5) is 0 Å². The Balaban J connectivity index is 0.00000169. The Kier molecular flexibility index (Phi) is 6.38. The van der Waals surface area contributed by atoms with Crippen molar-refractivity contribution in [1.29, 1.82) is 0 Å². The molecule has 14 heavy (non-hydrogen) atoms. The molecule has 2 nitrogen and oxygen atoms in total. The number of piperidine rings is 1. The molecule has 0 aromatic rings. The van der Waals surface area contributed by atoms with Crippen LogP contribution in [0.5, 0.6) is 0 Å². The molecule has 0 aliphatic carbocycles. The first-order valence-electron chi connectivity index (χ1n) is 5.45. The smallest absolute Gasteiger partial charge is 0.152 e. The number of halogens is 1. The quantitative estimate of drug-likeness (QED) is 0.791. The lowest BCUT2D eigenvalue weighted by molar-refractivity contribution is -0.125. The molecule has 1 aliphatic rings. The van der Waals surface area contributed by atoms with Crippen LogP contribution in [-0.2, 0) is 4.79 Å². The van der Waals surface area contributed by atoms with Gasteiger partial charge in [0.25, 0.3) is 0 Å². The zero-order chi connectivity index (χ0) is 9.84. The van der Waals surface area contributed by atoms with Crippen LogP contribution in [0.3, 0.4) is 0 Å². The van der Waals surface area contributed by atoms with Crippen molar-refractivity contribution in [2.75, 3.05) is 0 Å². The van der Waals surface area contributed by atoms with E-state index in [4.69, 9.17) is 0 Å². The highest BCUT2D eigenvalue weighted by Gasteiger charge is 2.26. The van der Waals surface area contributed by atoms with Gasteiger partial charge < -0.3 is 5.32 Å². The third kappa shape index (κ3) is 3.58. The lowest BCUT2D eigenvalue weighted by Crippen LogP contribution is -2.47. The van der Waals surface area contributed by atoms with E-state index in [0.717, 1.165) is 12.8 Å². The van der Waals surface area contributed by atoms with Crippen LogP contribution in [0.2, 0.25) is 0 Å². The van der Waals surface area contributed by atoms with Gasteiger partial charge in [-0.15, -0.1) is 12.4 Å². The third-order valence-electron chi connectivity index (χ3n) is 3.06. The molecule has 1 fully saturated rings. The topological polar surface area (TPSA) is 29.1 Å². The molecule has 0 spiro atoms. The summed E-state index contributed by atoms with van der Waals surface area (Å²) < 4.78 is 0. The van der Waals surface area contributed by atoms with Gasteiger partial charge in [-0.3, -0.25) is 4.79 Å². The number of rotatable bonds is 3. The summed E-state index contributed by atoms with van der Waals surface area (Å²) in [5.41, 5.74) is 0. The van der Waals surface area contributed by atoms with E-state index in [1.54, 1.807) is 0 Å². The highest BCUT2D eigenvalue weighted by Crippen LogP contribution is 2.16. The van der Waals surface area contributed by atoms with Crippen molar-refractivity contribution in [3.8, 4) is 0 Å². The van der Waals surface area contributed by atoms with Gasteiger partial charge in [0.05, 0.1) is 6.04 Å². The second-order valence-corrected chi connectivity index (χ2v) is 4.26. The third-order valence-corrected chi connectivity index (χ3v) is 3.06. The van der Waals surface area contributed by atoms with E-state index in [0.29, 0.717) is 11.8 Å². The molecule has 0 amide bonds. The van der Waals surface area contributed by atoms with Gasteiger partial charge in [0.2, 0.25) is 0 Å². The van der Waals surface area contributed by atoms with Crippen LogP contribution < -0.4 is 5.32 Å². The number of hydrogen-bond acceptors (Lipinski definition) is 2. The minimum absolute atomic E-state index is 0. The summed E-state index contributed by atoms with van der Waals surface area (Å²) in [4.78, 5) is 11.8. The van der Waals surface area contributed by atoms with Gasteiger partial charge in [-0.1, -0.05) is 13.8 Å². The lowest BCUT2D eigenvalue weighted by Gasteiger charge is -2.29. The average molecular weight is 220 g/mol. The van der Waals surface area contributed by atoms with Gasteiger partial charge in [0, 0.05) is 12.0 Å². The monoisotopic (exact) mass is 219 g/mol. The first-order chi connectivity index (χ1) is 6.15. The van der Waals surface area contributed by atoms with Crippen molar-refractivity contribution < 1.29 is 4.79 Å². The largest absolute Gasteiger partial charge is 0.305 e. The number of carbonyl (C=O) groups is 1. The summed E-state index contributed by atoms with van der Waals surface area (Å²) in [6, 6.07) is 0.658. The van der Waals surface area contributed by atoms with Crippen molar-refractivity contribution in [3.05, 3.63) is 0 Å². The summed E-state index contributed by atoms with van der Waals surface area (Å²) in [6.07, 6.45) is 4.41. The van der Waals surface area contributed by atoms with Gasteiger partial charge in [0.1, 0.15) is 0 Å². The van der Waals surface area contributed by atoms with Gasteiger partial charge in [-0.05, 0) is 32.6 Å². The van der Waals surface area contributed by atoms with E-state index in [9.17, 15) is 4.79 Å². The SMILES string of the molecule is CCC(C)C(=O)C1CCCC(C)N1.Cl. The predicted octanol–water partition coefficient (Wildman–Crippen LogP) is 2.55. The summed E-state index contributed by atoms with van der Waals surface area (Å²) in [5.74, 6) is 0.636. The molecule has 0 aromatic heterocycles. The molecular formula is C11H22ClNO. The maximum Gasteiger partial charge on any atom is 0.152 e. The minimum Gasteiger partial charge on any atom is -0.305 e. The first kappa shape index (κ1) is 13.9. The summed E-state index contributed by atoms with van der Waals surface area (Å²) >= 11 is 0. The van der Waals surface area contributed by atoms with Crippen molar-refractivity contribution >= 4 is 18.2 Å². The highest BCUT2D eigenvalue weighted by molar-refractivity contribution is 5.86. The highest BCUT2D eigenvalue weighted by atomic mass is 35.5. The molecule has 3 heteroatoms. The molecule has 3 unspecified atom stereocenters. The van der Waals surface area contributed by atoms with Gasteiger partial charge in [-0.2, -0.15) is 0 Å². The molecule has 1 rings (SSSR count). The Hall–Kier alpha value is -0.0800. The summed E-state index contributed by atoms with van der Waals surface area (Å²) in [5, 5.41) is 3.38. The van der Waals surface area contributed by atoms with E-state index in [-0.39, 0.29) is 24.4 Å². The molecule has 1 aliphatic heterocycles. The molecule has 1 N–H and O–H groups in total. The first-order valence-corrected chi connectivity index (χ1v) is 5.45. The van der Waals surface area contributed by atoms with E-state index in [1.165, 1.54) is 12.8 Å². The van der Waals surface area contributed by atoms with Crippen molar-refractivity contribution in [3.63, 3.8) is 0 Å². The number of carbonyl (C=O) groups excluding carboxylic acids is 1. The fourth-order valence-corrected chi connectivity index (χ4v) is 1.91. The molecule has 1 saturated heterocycles. The van der Waals surface area contributed by atoms with E-state index >= 15 is 0 Å². The Morgan fingerprint density at radius 2 is 2.14 bits per heavy atom. The maximum absolute atomic E-state index is 11.8. The van der Waals surface area contributed by atoms with Crippen molar-refractivity contribution in [2.45, 2.75) is 58.5 Å². The number of hydrogen-bond donors (Lipinski definition) is 1. The molecule has 0 aromatic carbocycles. The van der Waals surface area contributed by atoms with E-state index < -0.39 is 0 Å². The fourth-order valence-electron chi connectivity index (χ4n) is 1.91. The molecule has 1 heterocycles. The van der Waals surface area contributed by atoms with Crippen LogP contribution in [0.15, 0.2) is 0 Å². The molecular weight excluding hydrogens is 198 g/mol. The normalized spacial score (nSPS) is 29.1. The standard InChI is InChI=1S/C11H21NO.ClH/c1-4-8(2)11(13)10-7-5-6-9(3)12-10;/h8-10,12H,4-7H2,1-3H3;1H. The fraction of sp³-hybridized carbons (Fsp3) is 0.909. The maximum atomic E-state index is 11.8. The number of nitrogens with one attached hydrogen (secondary N) is 1. The van der Waals surface area contributed by atoms with Crippen LogP contribution in [0.1, 0.15) is 46.5 Å². The van der Waals surface area contributed by atoms with E-state index in [1.807, 2.05) is 6.92 Å². The molecule has 0 saturated carbocycles. The van der Waals surface area contributed by atoms with Gasteiger partial charge >= 0.3 is 0 Å². The zero-order valence-electron chi connectivity index (χ0n) is 9.38. The Bertz CT molecular complexity index is 184. The van der Waals surface area contributed by atoms with Gasteiger partial charge in [-0.25, -0.2) is 0 Å². The summed E-state index contributed by atoms with van der Waals surface area (Å²) in [7, 11) is 0. The second-order valence-electron chi connectivity index (χ2n) is 4.26. The molecule has 84 valence electrons. The van der Waals surface area contributed by atoms with Crippen LogP contribution in [0, 0.1) is 5.92 Å². The summed E-state index contributed by atoms with van der Waals surface area (Å²) in [6.45, 7) is 6.27. The van der Waals surface area contributed by atoms with Crippen LogP contribution >= 0.6 is 12.4 Å².